The number of hydrogen-bond acceptors (Lipinski definition) is 3. The van der Waals surface area contributed by atoms with Gasteiger partial charge in [0.05, 0.1) is 6.61 Å². The number of carboxylic acid groups (broad SMARTS) is 1. The molecule has 0 saturated heterocycles. The highest BCUT2D eigenvalue weighted by Crippen LogP contribution is 2.10. The lowest BCUT2D eigenvalue weighted by molar-refractivity contribution is -0.131. The average Bonchev–Trinajstić information content (AvgIpc) is 2.38. The minimum atomic E-state index is -0.933. The van der Waals surface area contributed by atoms with E-state index in [1.54, 1.807) is 13.2 Å². The third-order valence-corrected chi connectivity index (χ3v) is 2.99. The van der Waals surface area contributed by atoms with Crippen molar-refractivity contribution in [3.05, 3.63) is 41.5 Å². The number of likely N-dealkylation sites (N-methyl/N-ethyl adjacent to an activating group) is 1. The summed E-state index contributed by atoms with van der Waals surface area (Å²) in [6, 6.07) is 8.22. The molecule has 104 valence electrons. The number of carbonyl (C=O) groups is 1. The van der Waals surface area contributed by atoms with Crippen molar-refractivity contribution in [3.8, 4) is 0 Å². The quantitative estimate of drug-likeness (QED) is 0.767. The van der Waals surface area contributed by atoms with Crippen LogP contribution in [0.25, 0.3) is 6.08 Å². The molecular weight excluding hydrogens is 242 g/mol. The van der Waals surface area contributed by atoms with Crippen molar-refractivity contribution in [1.29, 1.82) is 0 Å². The molecule has 0 amide bonds. The molecule has 0 heterocycles. The maximum absolute atomic E-state index is 10.4. The fourth-order valence-electron chi connectivity index (χ4n) is 1.71. The van der Waals surface area contributed by atoms with E-state index in [0.29, 0.717) is 12.6 Å². The lowest BCUT2D eigenvalue weighted by Crippen LogP contribution is -2.32. The molecule has 1 N–H and O–H groups in total. The summed E-state index contributed by atoms with van der Waals surface area (Å²) < 4.78 is 5.13. The molecule has 0 aliphatic rings. The molecule has 0 radical (unpaired) electrons. The van der Waals surface area contributed by atoms with Gasteiger partial charge in [-0.1, -0.05) is 24.3 Å². The van der Waals surface area contributed by atoms with E-state index in [9.17, 15) is 4.79 Å². The topological polar surface area (TPSA) is 49.8 Å². The van der Waals surface area contributed by atoms with E-state index in [2.05, 4.69) is 18.9 Å². The van der Waals surface area contributed by atoms with E-state index in [-0.39, 0.29) is 0 Å². The predicted octanol–water partition coefficient (Wildman–Crippen LogP) is 2.25. The van der Waals surface area contributed by atoms with Crippen LogP contribution < -0.4 is 0 Å². The second-order valence-electron chi connectivity index (χ2n) is 4.63. The molecule has 0 aliphatic heterocycles. The minimum Gasteiger partial charge on any atom is -0.478 e. The molecule has 0 spiro atoms. The maximum Gasteiger partial charge on any atom is 0.328 e. The summed E-state index contributed by atoms with van der Waals surface area (Å²) in [5.74, 6) is -0.933. The average molecular weight is 263 g/mol. The number of rotatable bonds is 7. The normalized spacial score (nSPS) is 13.1. The molecule has 0 bridgehead atoms. The first kappa shape index (κ1) is 15.4. The van der Waals surface area contributed by atoms with Crippen molar-refractivity contribution < 1.29 is 14.6 Å². The minimum absolute atomic E-state index is 0.358. The van der Waals surface area contributed by atoms with Crippen LogP contribution in [0.1, 0.15) is 18.1 Å². The Bertz CT molecular complexity index is 426. The van der Waals surface area contributed by atoms with Crippen LogP contribution in [0.4, 0.5) is 0 Å². The Morgan fingerprint density at radius 3 is 2.58 bits per heavy atom. The first-order valence-electron chi connectivity index (χ1n) is 6.22. The van der Waals surface area contributed by atoms with Crippen LogP contribution in [0.2, 0.25) is 0 Å². The molecule has 0 fully saturated rings. The zero-order valence-corrected chi connectivity index (χ0v) is 11.7. The monoisotopic (exact) mass is 263 g/mol. The van der Waals surface area contributed by atoms with Gasteiger partial charge in [-0.15, -0.1) is 0 Å². The lowest BCUT2D eigenvalue weighted by Gasteiger charge is -2.24. The van der Waals surface area contributed by atoms with E-state index in [4.69, 9.17) is 9.84 Å². The van der Waals surface area contributed by atoms with Gasteiger partial charge in [-0.2, -0.15) is 0 Å². The highest BCUT2D eigenvalue weighted by Gasteiger charge is 2.08. The molecule has 1 unspecified atom stereocenters. The Morgan fingerprint density at radius 1 is 1.42 bits per heavy atom. The van der Waals surface area contributed by atoms with Gasteiger partial charge in [0.1, 0.15) is 0 Å². The standard InChI is InChI=1S/C15H21NO3/c1-12(11-19-3)16(2)10-14-6-4-13(5-7-14)8-9-15(17)18/h4-9,12H,10-11H2,1-3H3,(H,17,18). The van der Waals surface area contributed by atoms with Crippen molar-refractivity contribution >= 4 is 12.0 Å². The molecule has 19 heavy (non-hydrogen) atoms. The van der Waals surface area contributed by atoms with Crippen molar-refractivity contribution in [2.45, 2.75) is 19.5 Å². The van der Waals surface area contributed by atoms with Gasteiger partial charge in [0, 0.05) is 25.8 Å². The zero-order valence-electron chi connectivity index (χ0n) is 11.7. The summed E-state index contributed by atoms with van der Waals surface area (Å²) >= 11 is 0. The molecule has 1 atom stereocenters. The molecule has 4 heteroatoms. The summed E-state index contributed by atoms with van der Waals surface area (Å²) in [6.07, 6.45) is 2.73. The van der Waals surface area contributed by atoms with Gasteiger partial charge in [0.2, 0.25) is 0 Å². The largest absolute Gasteiger partial charge is 0.478 e. The van der Waals surface area contributed by atoms with Crippen LogP contribution in [0, 0.1) is 0 Å². The molecule has 4 nitrogen and oxygen atoms in total. The van der Waals surface area contributed by atoms with Crippen LogP contribution in [-0.4, -0.2) is 42.8 Å². The third kappa shape index (κ3) is 5.68. The van der Waals surface area contributed by atoms with Gasteiger partial charge >= 0.3 is 5.97 Å². The first-order valence-corrected chi connectivity index (χ1v) is 6.22. The van der Waals surface area contributed by atoms with E-state index < -0.39 is 5.97 Å². The van der Waals surface area contributed by atoms with Crippen LogP contribution in [0.3, 0.4) is 0 Å². The Labute approximate surface area is 114 Å². The fourth-order valence-corrected chi connectivity index (χ4v) is 1.71. The van der Waals surface area contributed by atoms with Gasteiger partial charge in [0.25, 0.3) is 0 Å². The third-order valence-electron chi connectivity index (χ3n) is 2.99. The van der Waals surface area contributed by atoms with Gasteiger partial charge in [-0.25, -0.2) is 4.79 Å². The zero-order chi connectivity index (χ0) is 14.3. The number of hydrogen-bond donors (Lipinski definition) is 1. The van der Waals surface area contributed by atoms with E-state index >= 15 is 0 Å². The van der Waals surface area contributed by atoms with Crippen LogP contribution in [0.5, 0.6) is 0 Å². The lowest BCUT2D eigenvalue weighted by atomic mass is 10.1. The Kier molecular flexibility index (Phi) is 6.25. The first-order chi connectivity index (χ1) is 9.02. The molecule has 1 aromatic rings. The summed E-state index contributed by atoms with van der Waals surface area (Å²) in [5.41, 5.74) is 2.08. The van der Waals surface area contributed by atoms with E-state index in [0.717, 1.165) is 18.2 Å². The molecule has 0 aromatic heterocycles. The van der Waals surface area contributed by atoms with Gasteiger partial charge in [0.15, 0.2) is 0 Å². The Morgan fingerprint density at radius 2 is 2.05 bits per heavy atom. The number of ether oxygens (including phenoxy) is 1. The van der Waals surface area contributed by atoms with Crippen LogP contribution in [-0.2, 0) is 16.1 Å². The smallest absolute Gasteiger partial charge is 0.328 e. The SMILES string of the molecule is COCC(C)N(C)Cc1ccc(C=CC(=O)O)cc1. The van der Waals surface area contributed by atoms with Crippen LogP contribution in [0.15, 0.2) is 30.3 Å². The van der Waals surface area contributed by atoms with Gasteiger partial charge < -0.3 is 9.84 Å². The second kappa shape index (κ2) is 7.71. The fraction of sp³-hybridized carbons (Fsp3) is 0.400. The highest BCUT2D eigenvalue weighted by molar-refractivity contribution is 5.85. The van der Waals surface area contributed by atoms with Gasteiger partial charge in [-0.05, 0) is 31.2 Å². The molecule has 0 aliphatic carbocycles. The van der Waals surface area contributed by atoms with Crippen molar-refractivity contribution in [3.63, 3.8) is 0 Å². The molecular formula is C15H21NO3. The van der Waals surface area contributed by atoms with Gasteiger partial charge in [-0.3, -0.25) is 4.90 Å². The summed E-state index contributed by atoms with van der Waals surface area (Å²) in [7, 11) is 3.76. The van der Waals surface area contributed by atoms with Crippen LogP contribution >= 0.6 is 0 Å². The number of benzene rings is 1. The Hall–Kier alpha value is -1.65. The van der Waals surface area contributed by atoms with Crippen molar-refractivity contribution in [1.82, 2.24) is 4.90 Å². The highest BCUT2D eigenvalue weighted by atomic mass is 16.5. The van der Waals surface area contributed by atoms with Crippen molar-refractivity contribution in [2.75, 3.05) is 20.8 Å². The molecule has 1 aromatic carbocycles. The number of nitrogens with zero attached hydrogens (tertiary/aromatic N) is 1. The molecule has 0 saturated carbocycles. The van der Waals surface area contributed by atoms with E-state index in [1.165, 1.54) is 5.56 Å². The molecule has 1 rings (SSSR count). The van der Waals surface area contributed by atoms with Crippen molar-refractivity contribution in [2.24, 2.45) is 0 Å². The Balaban J connectivity index is 2.59. The van der Waals surface area contributed by atoms with E-state index in [1.807, 2.05) is 24.3 Å². The number of methoxy groups -OCH3 is 1. The number of carboxylic acids is 1. The summed E-state index contributed by atoms with van der Waals surface area (Å²) in [6.45, 7) is 3.66. The summed E-state index contributed by atoms with van der Waals surface area (Å²) in [5, 5.41) is 8.55. The predicted molar refractivity (Wildman–Crippen MR) is 75.9 cm³/mol. The summed E-state index contributed by atoms with van der Waals surface area (Å²) in [4.78, 5) is 12.6. The number of aliphatic carboxylic acids is 1. The maximum atomic E-state index is 10.4. The second-order valence-corrected chi connectivity index (χ2v) is 4.63.